The van der Waals surface area contributed by atoms with Crippen molar-refractivity contribution in [3.8, 4) is 0 Å². The van der Waals surface area contributed by atoms with Crippen LogP contribution in [0.5, 0.6) is 0 Å². The minimum atomic E-state index is -4.49. The molecule has 1 aliphatic carbocycles. The van der Waals surface area contributed by atoms with E-state index in [1.807, 2.05) is 0 Å². The van der Waals surface area contributed by atoms with Gasteiger partial charge >= 0.3 is 6.18 Å². The second-order valence-corrected chi connectivity index (χ2v) is 5.53. The van der Waals surface area contributed by atoms with Crippen molar-refractivity contribution < 1.29 is 32.2 Å². The number of rotatable bonds is 6. The van der Waals surface area contributed by atoms with Gasteiger partial charge in [-0.2, -0.15) is 13.2 Å². The van der Waals surface area contributed by atoms with Crippen LogP contribution in [0.15, 0.2) is 53.7 Å². The van der Waals surface area contributed by atoms with Crippen LogP contribution < -0.4 is 0 Å². The summed E-state index contributed by atoms with van der Waals surface area (Å²) in [5.41, 5.74) is -0.861. The molecule has 0 aliphatic heterocycles. The molecule has 1 aromatic carbocycles. The zero-order chi connectivity index (χ0) is 19.3. The molecule has 1 atom stereocenters. The van der Waals surface area contributed by atoms with E-state index in [-0.39, 0.29) is 17.8 Å². The third-order valence-corrected chi connectivity index (χ3v) is 3.96. The maximum atomic E-state index is 13.0. The maximum Gasteiger partial charge on any atom is 0.416 e. The van der Waals surface area contributed by atoms with Crippen LogP contribution in [0.2, 0.25) is 0 Å². The molecule has 26 heavy (non-hydrogen) atoms. The smallest absolute Gasteiger partial charge is 0.416 e. The first-order valence-electron chi connectivity index (χ1n) is 7.77. The lowest BCUT2D eigenvalue weighted by Crippen LogP contribution is -2.19. The Labute approximate surface area is 149 Å². The lowest BCUT2D eigenvalue weighted by atomic mass is 9.92. The average Bonchev–Trinajstić information content (AvgIpc) is 2.64. The quantitative estimate of drug-likeness (QED) is 0.701. The van der Waals surface area contributed by atoms with Gasteiger partial charge < -0.3 is 14.2 Å². The Hall–Kier alpha value is -2.70. The van der Waals surface area contributed by atoms with Crippen molar-refractivity contribution in [1.29, 1.82) is 0 Å². The van der Waals surface area contributed by atoms with Gasteiger partial charge in [0.05, 0.1) is 32.8 Å². The third-order valence-electron chi connectivity index (χ3n) is 3.96. The molecular formula is C19H19F3O4. The van der Waals surface area contributed by atoms with Gasteiger partial charge in [0, 0.05) is 6.42 Å². The summed E-state index contributed by atoms with van der Waals surface area (Å²) in [5.74, 6) is 0.201. The van der Waals surface area contributed by atoms with E-state index in [4.69, 9.17) is 14.2 Å². The number of halogens is 3. The summed E-state index contributed by atoms with van der Waals surface area (Å²) in [6, 6.07) is 5.08. The van der Waals surface area contributed by atoms with Crippen LogP contribution in [-0.2, 0) is 25.2 Å². The van der Waals surface area contributed by atoms with E-state index in [1.54, 1.807) is 6.08 Å². The van der Waals surface area contributed by atoms with E-state index < -0.39 is 17.7 Å². The predicted molar refractivity (Wildman–Crippen MR) is 89.7 cm³/mol. The summed E-state index contributed by atoms with van der Waals surface area (Å²) in [6.07, 6.45) is -0.366. The first-order valence-corrected chi connectivity index (χ1v) is 7.77. The Morgan fingerprint density at radius 1 is 1.12 bits per heavy atom. The molecule has 0 amide bonds. The average molecular weight is 368 g/mol. The minimum absolute atomic E-state index is 0.0693. The molecule has 0 fully saturated rings. The zero-order valence-corrected chi connectivity index (χ0v) is 14.6. The number of allylic oxidation sites excluding steroid dienone is 3. The molecule has 0 saturated carbocycles. The topological polar surface area (TPSA) is 44.8 Å². The van der Waals surface area contributed by atoms with Crippen LogP contribution in [0.3, 0.4) is 0 Å². The molecule has 0 aromatic heterocycles. The second kappa shape index (κ2) is 8.12. The van der Waals surface area contributed by atoms with Gasteiger partial charge in [0.2, 0.25) is 0 Å². The molecule has 0 saturated heterocycles. The molecule has 2 rings (SSSR count). The molecule has 0 spiro atoms. The number of alkyl halides is 3. The molecule has 0 bridgehead atoms. The van der Waals surface area contributed by atoms with Crippen molar-refractivity contribution >= 4 is 11.9 Å². The molecule has 1 unspecified atom stereocenters. The summed E-state index contributed by atoms with van der Waals surface area (Å²) in [4.78, 5) is 12.5. The number of benzene rings is 1. The van der Waals surface area contributed by atoms with Crippen LogP contribution in [-0.4, -0.2) is 27.1 Å². The standard InChI is InChI=1S/C19H19F3O4/c1-24-16-10-13(11-17(25-2)18(16)26-3)15(23)9-8-12-6-4-5-7-14(12)19(20,21)22/h4-10,13H,11H2,1-3H3/b9-8+. The number of ketones is 1. The van der Waals surface area contributed by atoms with Crippen molar-refractivity contribution in [2.45, 2.75) is 12.6 Å². The highest BCUT2D eigenvalue weighted by atomic mass is 19.4. The van der Waals surface area contributed by atoms with Crippen molar-refractivity contribution in [2.75, 3.05) is 21.3 Å². The molecule has 4 nitrogen and oxygen atoms in total. The zero-order valence-electron chi connectivity index (χ0n) is 14.6. The number of hydrogen-bond acceptors (Lipinski definition) is 4. The Kier molecular flexibility index (Phi) is 6.13. The lowest BCUT2D eigenvalue weighted by Gasteiger charge is -2.23. The Bertz CT molecular complexity index is 760. The summed E-state index contributed by atoms with van der Waals surface area (Å²) in [6.45, 7) is 0. The van der Waals surface area contributed by atoms with Crippen LogP contribution in [0, 0.1) is 5.92 Å². The maximum absolute atomic E-state index is 13.0. The molecule has 1 aliphatic rings. The Balaban J connectivity index is 2.25. The van der Waals surface area contributed by atoms with Gasteiger partial charge in [0.25, 0.3) is 0 Å². The largest absolute Gasteiger partial charge is 0.497 e. The van der Waals surface area contributed by atoms with Crippen molar-refractivity contribution in [3.63, 3.8) is 0 Å². The van der Waals surface area contributed by atoms with Gasteiger partial charge in [-0.3, -0.25) is 4.79 Å². The van der Waals surface area contributed by atoms with E-state index in [2.05, 4.69) is 0 Å². The van der Waals surface area contributed by atoms with Gasteiger partial charge in [0.1, 0.15) is 5.76 Å². The number of carbonyl (C=O) groups excluding carboxylic acids is 1. The third kappa shape index (κ3) is 4.28. The predicted octanol–water partition coefficient (Wildman–Crippen LogP) is 4.34. The first kappa shape index (κ1) is 19.6. The fourth-order valence-electron chi connectivity index (χ4n) is 2.68. The number of ether oxygens (including phenoxy) is 3. The molecule has 140 valence electrons. The number of hydrogen-bond donors (Lipinski definition) is 0. The first-order chi connectivity index (χ1) is 12.3. The highest BCUT2D eigenvalue weighted by Crippen LogP contribution is 2.33. The monoisotopic (exact) mass is 368 g/mol. The van der Waals surface area contributed by atoms with Crippen molar-refractivity contribution in [2.24, 2.45) is 5.92 Å². The second-order valence-electron chi connectivity index (χ2n) is 5.53. The fraction of sp³-hybridized carbons (Fsp3) is 0.316. The fourth-order valence-corrected chi connectivity index (χ4v) is 2.68. The van der Waals surface area contributed by atoms with Gasteiger partial charge in [-0.1, -0.05) is 24.3 Å². The lowest BCUT2D eigenvalue weighted by molar-refractivity contribution is -0.137. The van der Waals surface area contributed by atoms with Crippen LogP contribution >= 0.6 is 0 Å². The van der Waals surface area contributed by atoms with Crippen molar-refractivity contribution in [3.05, 3.63) is 64.8 Å². The molecule has 1 aromatic rings. The number of methoxy groups -OCH3 is 3. The van der Waals surface area contributed by atoms with E-state index in [0.717, 1.165) is 12.1 Å². The summed E-state index contributed by atoms with van der Waals surface area (Å²) in [7, 11) is 4.33. The van der Waals surface area contributed by atoms with Gasteiger partial charge in [-0.15, -0.1) is 0 Å². The highest BCUT2D eigenvalue weighted by Gasteiger charge is 2.32. The molecule has 0 N–H and O–H groups in total. The SMILES string of the molecule is COC1=CC(C(=O)/C=C/c2ccccc2C(F)(F)F)CC(OC)=C1OC. The summed E-state index contributed by atoms with van der Waals surface area (Å²) in [5, 5.41) is 0. The Morgan fingerprint density at radius 3 is 2.38 bits per heavy atom. The minimum Gasteiger partial charge on any atom is -0.497 e. The summed E-state index contributed by atoms with van der Waals surface area (Å²) < 4.78 is 54.7. The van der Waals surface area contributed by atoms with Crippen LogP contribution in [0.4, 0.5) is 13.2 Å². The van der Waals surface area contributed by atoms with Gasteiger partial charge in [-0.25, -0.2) is 0 Å². The highest BCUT2D eigenvalue weighted by molar-refractivity contribution is 5.97. The summed E-state index contributed by atoms with van der Waals surface area (Å²) >= 11 is 0. The molecule has 0 heterocycles. The van der Waals surface area contributed by atoms with Gasteiger partial charge in [0.15, 0.2) is 17.3 Å². The van der Waals surface area contributed by atoms with E-state index in [1.165, 1.54) is 45.6 Å². The molecule has 0 radical (unpaired) electrons. The van der Waals surface area contributed by atoms with E-state index in [9.17, 15) is 18.0 Å². The molecule has 7 heteroatoms. The Morgan fingerprint density at radius 2 is 1.81 bits per heavy atom. The van der Waals surface area contributed by atoms with Gasteiger partial charge in [-0.05, 0) is 23.8 Å². The van der Waals surface area contributed by atoms with E-state index in [0.29, 0.717) is 17.3 Å². The van der Waals surface area contributed by atoms with Crippen molar-refractivity contribution in [1.82, 2.24) is 0 Å². The van der Waals surface area contributed by atoms with Crippen LogP contribution in [0.1, 0.15) is 17.5 Å². The molecular weight excluding hydrogens is 349 g/mol. The van der Waals surface area contributed by atoms with E-state index >= 15 is 0 Å². The normalized spacial score (nSPS) is 17.9. The number of carbonyl (C=O) groups is 1. The van der Waals surface area contributed by atoms with Crippen LogP contribution in [0.25, 0.3) is 6.08 Å².